The third-order valence-corrected chi connectivity index (χ3v) is 6.10. The first kappa shape index (κ1) is 17.1. The minimum atomic E-state index is -3.80. The molecule has 3 rings (SSSR count). The Morgan fingerprint density at radius 2 is 1.76 bits per heavy atom. The molecule has 3 aromatic rings. The van der Waals surface area contributed by atoms with Crippen molar-refractivity contribution in [1.29, 1.82) is 0 Å². The molecule has 0 spiro atoms. The van der Waals surface area contributed by atoms with E-state index >= 15 is 0 Å². The summed E-state index contributed by atoms with van der Waals surface area (Å²) in [6, 6.07) is 13.9. The zero-order valence-electron chi connectivity index (χ0n) is 12.8. The molecule has 1 heterocycles. The fourth-order valence-electron chi connectivity index (χ4n) is 2.20. The maximum atomic E-state index is 13.0. The molecule has 0 atom stereocenters. The number of nitro groups is 1. The van der Waals surface area contributed by atoms with Crippen molar-refractivity contribution >= 4 is 32.2 Å². The van der Waals surface area contributed by atoms with E-state index < -0.39 is 14.9 Å². The Morgan fingerprint density at radius 1 is 1.08 bits per heavy atom. The highest BCUT2D eigenvalue weighted by molar-refractivity contribution is 7.93. The molecular formula is C16H13N3O4S2. The molecular weight excluding hydrogens is 362 g/mol. The third kappa shape index (κ3) is 3.67. The predicted molar refractivity (Wildman–Crippen MR) is 95.0 cm³/mol. The zero-order chi connectivity index (χ0) is 17.9. The third-order valence-electron chi connectivity index (χ3n) is 3.44. The molecule has 0 aliphatic carbocycles. The number of hydrogen-bond acceptors (Lipinski definition) is 6. The van der Waals surface area contributed by atoms with Crippen LogP contribution in [0.25, 0.3) is 0 Å². The lowest BCUT2D eigenvalue weighted by atomic mass is 10.2. The van der Waals surface area contributed by atoms with Gasteiger partial charge in [-0.3, -0.25) is 10.1 Å². The molecule has 0 fully saturated rings. The first-order valence-electron chi connectivity index (χ1n) is 7.19. The summed E-state index contributed by atoms with van der Waals surface area (Å²) in [5.41, 5.74) is 0.579. The number of anilines is 1. The van der Waals surface area contributed by atoms with Crippen molar-refractivity contribution in [3.05, 3.63) is 81.9 Å². The standard InChI is InChI=1S/C16H13N3O4S2/c20-19(21)14-8-6-13(7-9-14)12-18(16-17-10-11-24-16)25(22,23)15-4-2-1-3-5-15/h1-11H,12H2. The van der Waals surface area contributed by atoms with Crippen LogP contribution in [0.1, 0.15) is 5.56 Å². The van der Waals surface area contributed by atoms with E-state index in [2.05, 4.69) is 4.98 Å². The van der Waals surface area contributed by atoms with Gasteiger partial charge in [0.2, 0.25) is 0 Å². The molecule has 0 saturated carbocycles. The Bertz CT molecular complexity index is 956. The normalized spacial score (nSPS) is 11.2. The molecule has 7 nitrogen and oxygen atoms in total. The maximum absolute atomic E-state index is 13.0. The molecule has 0 bridgehead atoms. The van der Waals surface area contributed by atoms with E-state index in [9.17, 15) is 18.5 Å². The summed E-state index contributed by atoms with van der Waals surface area (Å²) in [6.45, 7) is 0.0305. The molecule has 9 heteroatoms. The summed E-state index contributed by atoms with van der Waals surface area (Å²) >= 11 is 1.21. The molecule has 0 N–H and O–H groups in total. The van der Waals surface area contributed by atoms with Gasteiger partial charge in [0.1, 0.15) is 0 Å². The van der Waals surface area contributed by atoms with E-state index in [-0.39, 0.29) is 17.1 Å². The monoisotopic (exact) mass is 375 g/mol. The first-order valence-corrected chi connectivity index (χ1v) is 9.51. The van der Waals surface area contributed by atoms with Crippen LogP contribution >= 0.6 is 11.3 Å². The van der Waals surface area contributed by atoms with Gasteiger partial charge in [-0.05, 0) is 17.7 Å². The van der Waals surface area contributed by atoms with E-state index in [1.165, 1.54) is 46.1 Å². The molecule has 0 amide bonds. The van der Waals surface area contributed by atoms with Crippen molar-refractivity contribution in [3.63, 3.8) is 0 Å². The van der Waals surface area contributed by atoms with Crippen molar-refractivity contribution in [3.8, 4) is 0 Å². The van der Waals surface area contributed by atoms with Crippen molar-refractivity contribution in [2.75, 3.05) is 4.31 Å². The number of aromatic nitrogens is 1. The highest BCUT2D eigenvalue weighted by Crippen LogP contribution is 2.28. The van der Waals surface area contributed by atoms with Gasteiger partial charge in [-0.1, -0.05) is 30.3 Å². The van der Waals surface area contributed by atoms with Crippen molar-refractivity contribution in [1.82, 2.24) is 4.98 Å². The van der Waals surface area contributed by atoms with Crippen LogP contribution in [0, 0.1) is 10.1 Å². The van der Waals surface area contributed by atoms with Crippen LogP contribution in [0.5, 0.6) is 0 Å². The molecule has 0 saturated heterocycles. The topological polar surface area (TPSA) is 93.4 Å². The maximum Gasteiger partial charge on any atom is 0.269 e. The minimum absolute atomic E-state index is 0.0305. The fourth-order valence-corrected chi connectivity index (χ4v) is 4.50. The van der Waals surface area contributed by atoms with Gasteiger partial charge in [0.15, 0.2) is 5.13 Å². The van der Waals surface area contributed by atoms with Crippen LogP contribution in [0.3, 0.4) is 0 Å². The van der Waals surface area contributed by atoms with E-state index in [0.717, 1.165) is 0 Å². The Balaban J connectivity index is 1.98. The van der Waals surface area contributed by atoms with Gasteiger partial charge in [0.05, 0.1) is 16.4 Å². The fraction of sp³-hybridized carbons (Fsp3) is 0.0625. The summed E-state index contributed by atoms with van der Waals surface area (Å²) in [5, 5.41) is 12.8. The lowest BCUT2D eigenvalue weighted by molar-refractivity contribution is -0.384. The first-order chi connectivity index (χ1) is 12.0. The van der Waals surface area contributed by atoms with Gasteiger partial charge < -0.3 is 0 Å². The molecule has 2 aromatic carbocycles. The summed E-state index contributed by atoms with van der Waals surface area (Å²) < 4.78 is 27.2. The number of hydrogen-bond donors (Lipinski definition) is 0. The second-order valence-electron chi connectivity index (χ2n) is 5.06. The number of sulfonamides is 1. The Labute approximate surface area is 148 Å². The highest BCUT2D eigenvalue weighted by atomic mass is 32.2. The van der Waals surface area contributed by atoms with Crippen molar-refractivity contribution in [2.24, 2.45) is 0 Å². The average Bonchev–Trinajstić information content (AvgIpc) is 3.15. The second kappa shape index (κ2) is 6.99. The van der Waals surface area contributed by atoms with Crippen LogP contribution in [0.15, 0.2) is 71.1 Å². The summed E-state index contributed by atoms with van der Waals surface area (Å²) in [6.07, 6.45) is 1.53. The molecule has 0 unspecified atom stereocenters. The number of thiazole rings is 1. The molecule has 128 valence electrons. The van der Waals surface area contributed by atoms with E-state index in [1.807, 2.05) is 0 Å². The molecule has 0 aliphatic rings. The number of rotatable bonds is 6. The lowest BCUT2D eigenvalue weighted by Crippen LogP contribution is -2.30. The lowest BCUT2D eigenvalue weighted by Gasteiger charge is -2.21. The van der Waals surface area contributed by atoms with Gasteiger partial charge in [-0.15, -0.1) is 11.3 Å². The summed E-state index contributed by atoms with van der Waals surface area (Å²) in [5.74, 6) is 0. The minimum Gasteiger partial charge on any atom is -0.258 e. The van der Waals surface area contributed by atoms with Gasteiger partial charge in [0.25, 0.3) is 15.7 Å². The van der Waals surface area contributed by atoms with Crippen LogP contribution < -0.4 is 4.31 Å². The Kier molecular flexibility index (Phi) is 4.77. The average molecular weight is 375 g/mol. The van der Waals surface area contributed by atoms with Crippen molar-refractivity contribution < 1.29 is 13.3 Å². The molecule has 0 aliphatic heterocycles. The summed E-state index contributed by atoms with van der Waals surface area (Å²) in [7, 11) is -3.80. The van der Waals surface area contributed by atoms with Gasteiger partial charge in [-0.25, -0.2) is 17.7 Å². The number of benzene rings is 2. The van der Waals surface area contributed by atoms with Crippen LogP contribution in [0.2, 0.25) is 0 Å². The van der Waals surface area contributed by atoms with Crippen LogP contribution in [-0.2, 0) is 16.6 Å². The van der Waals surface area contributed by atoms with Gasteiger partial charge >= 0.3 is 0 Å². The van der Waals surface area contributed by atoms with Crippen molar-refractivity contribution in [2.45, 2.75) is 11.4 Å². The second-order valence-corrected chi connectivity index (χ2v) is 7.80. The Morgan fingerprint density at radius 3 is 2.32 bits per heavy atom. The number of nitrogens with zero attached hydrogens (tertiary/aromatic N) is 3. The summed E-state index contributed by atoms with van der Waals surface area (Å²) in [4.78, 5) is 14.5. The molecule has 0 radical (unpaired) electrons. The Hall–Kier alpha value is -2.78. The van der Waals surface area contributed by atoms with E-state index in [1.54, 1.807) is 35.7 Å². The molecule has 25 heavy (non-hydrogen) atoms. The predicted octanol–water partition coefficient (Wildman–Crippen LogP) is 3.45. The van der Waals surface area contributed by atoms with Gasteiger partial charge in [0, 0.05) is 23.7 Å². The number of non-ortho nitro benzene ring substituents is 1. The van der Waals surface area contributed by atoms with Gasteiger partial charge in [-0.2, -0.15) is 0 Å². The smallest absolute Gasteiger partial charge is 0.258 e. The molecule has 1 aromatic heterocycles. The van der Waals surface area contributed by atoms with Crippen LogP contribution in [0.4, 0.5) is 10.8 Å². The largest absolute Gasteiger partial charge is 0.269 e. The zero-order valence-corrected chi connectivity index (χ0v) is 14.5. The van der Waals surface area contributed by atoms with E-state index in [0.29, 0.717) is 10.7 Å². The van der Waals surface area contributed by atoms with Crippen LogP contribution in [-0.4, -0.2) is 18.3 Å². The number of nitro benzene ring substituents is 1. The van der Waals surface area contributed by atoms with E-state index in [4.69, 9.17) is 0 Å². The highest BCUT2D eigenvalue weighted by Gasteiger charge is 2.27. The SMILES string of the molecule is O=[N+]([O-])c1ccc(CN(c2nccs2)S(=O)(=O)c2ccccc2)cc1. The quantitative estimate of drug-likeness (QED) is 0.486.